The number of thioether (sulfide) groups is 2. The zero-order chi connectivity index (χ0) is 19.0. The third kappa shape index (κ3) is 4.00. The molecule has 2 aliphatic rings. The van der Waals surface area contributed by atoms with Crippen molar-refractivity contribution in [2.24, 2.45) is 5.41 Å². The Labute approximate surface area is 157 Å². The van der Waals surface area contributed by atoms with Gasteiger partial charge in [-0.25, -0.2) is 4.79 Å². The smallest absolute Gasteiger partial charge is 0.333 e. The van der Waals surface area contributed by atoms with E-state index in [4.69, 9.17) is 9.47 Å². The third-order valence-corrected chi connectivity index (χ3v) is 6.08. The molecule has 2 fully saturated rings. The first-order valence-corrected chi connectivity index (χ1v) is 10.3. The lowest BCUT2D eigenvalue weighted by Crippen LogP contribution is -2.59. The molecule has 0 aromatic rings. The van der Waals surface area contributed by atoms with E-state index in [1.165, 1.54) is 0 Å². The average Bonchev–Trinajstić information content (AvgIpc) is 2.74. The largest absolute Gasteiger partial charge is 0.427 e. The van der Waals surface area contributed by atoms with Crippen molar-refractivity contribution < 1.29 is 23.9 Å². The van der Waals surface area contributed by atoms with Crippen LogP contribution in [0.2, 0.25) is 0 Å². The van der Waals surface area contributed by atoms with Gasteiger partial charge in [-0.05, 0) is 40.9 Å². The minimum Gasteiger partial charge on any atom is -0.427 e. The molecule has 2 heterocycles. The Balaban J connectivity index is 2.00. The Morgan fingerprint density at radius 1 is 1.32 bits per heavy atom. The normalized spacial score (nSPS) is 26.2. The number of nitrogens with zero attached hydrogens (tertiary/aromatic N) is 1. The van der Waals surface area contributed by atoms with Gasteiger partial charge in [-0.15, -0.1) is 11.8 Å². The minimum absolute atomic E-state index is 0.107. The van der Waals surface area contributed by atoms with Crippen LogP contribution in [0.4, 0.5) is 0 Å². The van der Waals surface area contributed by atoms with E-state index in [1.807, 2.05) is 26.2 Å². The molecule has 0 saturated carbocycles. The molecular weight excluding hydrogens is 362 g/mol. The number of hydrogen-bond acceptors (Lipinski definition) is 7. The van der Waals surface area contributed by atoms with Crippen LogP contribution in [0, 0.1) is 5.41 Å². The summed E-state index contributed by atoms with van der Waals surface area (Å²) in [5, 5.41) is -0.107. The summed E-state index contributed by atoms with van der Waals surface area (Å²) in [5.74, 6) is -0.338. The fourth-order valence-corrected chi connectivity index (χ4v) is 4.62. The highest BCUT2D eigenvalue weighted by atomic mass is 32.2. The van der Waals surface area contributed by atoms with Crippen LogP contribution in [0.1, 0.15) is 34.6 Å². The molecule has 0 aromatic carbocycles. The first kappa shape index (κ1) is 20.2. The Morgan fingerprint density at radius 3 is 2.52 bits per heavy atom. The Hall–Kier alpha value is -1.15. The van der Waals surface area contributed by atoms with E-state index in [1.54, 1.807) is 49.2 Å². The number of fused-ring (bicyclic) bond motifs is 1. The van der Waals surface area contributed by atoms with Crippen LogP contribution in [0.25, 0.3) is 0 Å². The average molecular weight is 388 g/mol. The molecule has 8 heteroatoms. The van der Waals surface area contributed by atoms with Gasteiger partial charge in [0.05, 0.1) is 5.41 Å². The van der Waals surface area contributed by atoms with Crippen molar-refractivity contribution in [3.05, 3.63) is 11.6 Å². The molecule has 0 unspecified atom stereocenters. The molecule has 0 spiro atoms. The molecule has 2 saturated heterocycles. The first-order chi connectivity index (χ1) is 11.5. The number of amides is 1. The maximum Gasteiger partial charge on any atom is 0.333 e. The predicted octanol–water partition coefficient (Wildman–Crippen LogP) is 2.43. The number of hydrogen-bond donors (Lipinski definition) is 0. The van der Waals surface area contributed by atoms with Crippen LogP contribution in [0.15, 0.2) is 11.6 Å². The molecule has 0 N–H and O–H groups in total. The van der Waals surface area contributed by atoms with Crippen LogP contribution in [0.5, 0.6) is 0 Å². The molecule has 2 aliphatic heterocycles. The van der Waals surface area contributed by atoms with E-state index in [-0.39, 0.29) is 11.3 Å². The van der Waals surface area contributed by atoms with Crippen LogP contribution in [-0.4, -0.2) is 57.7 Å². The zero-order valence-corrected chi connectivity index (χ0v) is 17.1. The van der Waals surface area contributed by atoms with Gasteiger partial charge in [0, 0.05) is 16.1 Å². The maximum absolute atomic E-state index is 12.5. The van der Waals surface area contributed by atoms with Crippen LogP contribution >= 0.6 is 23.5 Å². The summed E-state index contributed by atoms with van der Waals surface area (Å²) in [7, 11) is 0. The van der Waals surface area contributed by atoms with E-state index >= 15 is 0 Å². The second kappa shape index (κ2) is 7.23. The third-order valence-electron chi connectivity index (χ3n) is 4.05. The second-order valence-electron chi connectivity index (χ2n) is 7.57. The predicted molar refractivity (Wildman–Crippen MR) is 99.1 cm³/mol. The zero-order valence-electron chi connectivity index (χ0n) is 15.5. The lowest BCUT2D eigenvalue weighted by molar-refractivity contribution is -0.178. The van der Waals surface area contributed by atoms with Crippen molar-refractivity contribution in [3.8, 4) is 0 Å². The lowest BCUT2D eigenvalue weighted by Gasteiger charge is -2.39. The summed E-state index contributed by atoms with van der Waals surface area (Å²) in [6.07, 6.45) is 3.90. The summed E-state index contributed by atoms with van der Waals surface area (Å²) >= 11 is 3.22. The van der Waals surface area contributed by atoms with Gasteiger partial charge in [0.1, 0.15) is 11.4 Å². The van der Waals surface area contributed by atoms with Gasteiger partial charge < -0.3 is 14.4 Å². The molecule has 0 aromatic heterocycles. The van der Waals surface area contributed by atoms with Crippen molar-refractivity contribution >= 4 is 41.4 Å². The molecule has 25 heavy (non-hydrogen) atoms. The Bertz CT molecular complexity index is 609. The summed E-state index contributed by atoms with van der Waals surface area (Å²) in [4.78, 5) is 38.2. The summed E-state index contributed by atoms with van der Waals surface area (Å²) in [5.41, 5.74) is 0.0895. The first-order valence-electron chi connectivity index (χ1n) is 8.04. The van der Waals surface area contributed by atoms with Crippen molar-refractivity contribution in [2.45, 2.75) is 50.8 Å². The molecule has 0 radical (unpaired) electrons. The Kier molecular flexibility index (Phi) is 5.83. The molecule has 2 atom stereocenters. The summed E-state index contributed by atoms with van der Waals surface area (Å²) in [6.45, 7) is 8.57. The fraction of sp³-hybridized carbons (Fsp3) is 0.706. The van der Waals surface area contributed by atoms with Crippen molar-refractivity contribution in [2.75, 3.05) is 18.8 Å². The fourth-order valence-electron chi connectivity index (χ4n) is 2.70. The standard InChI is InChI=1S/C17H25NO5S2/c1-16(2,3)15(21)23-9-22-14(20)11-17(4,5)25-13-10(7-8-24-6)12(19)18(11)13/h7,11,13H,8-9H2,1-6H3/b10-7-/t11-,13+/m0/s1. The van der Waals surface area contributed by atoms with Gasteiger partial charge in [-0.1, -0.05) is 6.08 Å². The summed E-state index contributed by atoms with van der Waals surface area (Å²) < 4.78 is 9.64. The van der Waals surface area contributed by atoms with Gasteiger partial charge in [0.2, 0.25) is 6.79 Å². The molecular formula is C17H25NO5S2. The highest BCUT2D eigenvalue weighted by Gasteiger charge is 2.61. The molecule has 2 rings (SSSR count). The molecule has 140 valence electrons. The van der Waals surface area contributed by atoms with Crippen LogP contribution in [-0.2, 0) is 23.9 Å². The van der Waals surface area contributed by atoms with E-state index in [9.17, 15) is 14.4 Å². The molecule has 0 aliphatic carbocycles. The topological polar surface area (TPSA) is 72.9 Å². The minimum atomic E-state index is -0.685. The van der Waals surface area contributed by atoms with Gasteiger partial charge in [-0.2, -0.15) is 11.8 Å². The molecule has 6 nitrogen and oxygen atoms in total. The molecule has 0 bridgehead atoms. The summed E-state index contributed by atoms with van der Waals surface area (Å²) in [6, 6.07) is -0.685. The van der Waals surface area contributed by atoms with Crippen molar-refractivity contribution in [1.29, 1.82) is 0 Å². The number of rotatable bonds is 5. The number of carbonyl (C=O) groups is 3. The van der Waals surface area contributed by atoms with E-state index in [0.717, 1.165) is 11.3 Å². The van der Waals surface area contributed by atoms with E-state index in [2.05, 4.69) is 0 Å². The maximum atomic E-state index is 12.5. The Morgan fingerprint density at radius 2 is 1.96 bits per heavy atom. The SMILES string of the molecule is CSC/C=C1/C(=O)N2[C@@H]1SC(C)(C)[C@@H]2C(=O)OCOC(=O)C(C)(C)C. The lowest BCUT2D eigenvalue weighted by atomic mass is 9.95. The van der Waals surface area contributed by atoms with Gasteiger partial charge >= 0.3 is 11.9 Å². The number of ether oxygens (including phenoxy) is 2. The highest BCUT2D eigenvalue weighted by Crippen LogP contribution is 2.53. The van der Waals surface area contributed by atoms with Crippen molar-refractivity contribution in [1.82, 2.24) is 4.90 Å². The van der Waals surface area contributed by atoms with Gasteiger partial charge in [0.25, 0.3) is 5.91 Å². The highest BCUT2D eigenvalue weighted by molar-refractivity contribution is 8.02. The quantitative estimate of drug-likeness (QED) is 0.310. The van der Waals surface area contributed by atoms with Gasteiger partial charge in [-0.3, -0.25) is 9.59 Å². The second-order valence-corrected chi connectivity index (χ2v) is 10.2. The molecule has 1 amide bonds. The number of esters is 2. The number of carbonyl (C=O) groups excluding carboxylic acids is 3. The van der Waals surface area contributed by atoms with Crippen LogP contribution < -0.4 is 0 Å². The van der Waals surface area contributed by atoms with E-state index < -0.39 is 34.9 Å². The van der Waals surface area contributed by atoms with Crippen molar-refractivity contribution in [3.63, 3.8) is 0 Å². The number of β-lactam (4-membered cyclic amide) rings is 1. The monoisotopic (exact) mass is 387 g/mol. The van der Waals surface area contributed by atoms with Gasteiger partial charge in [0.15, 0.2) is 0 Å². The van der Waals surface area contributed by atoms with Crippen LogP contribution in [0.3, 0.4) is 0 Å². The van der Waals surface area contributed by atoms with E-state index in [0.29, 0.717) is 0 Å².